The topological polar surface area (TPSA) is 88.2 Å². The van der Waals surface area contributed by atoms with E-state index in [4.69, 9.17) is 4.52 Å². The Morgan fingerprint density at radius 2 is 2.04 bits per heavy atom. The highest BCUT2D eigenvalue weighted by Crippen LogP contribution is 2.26. The number of hydrogen-bond acceptors (Lipinski definition) is 7. The zero-order valence-corrected chi connectivity index (χ0v) is 13.0. The Morgan fingerprint density at radius 1 is 1.17 bits per heavy atom. The van der Waals surface area contributed by atoms with Gasteiger partial charge in [-0.3, -0.25) is 9.97 Å². The second-order valence-corrected chi connectivity index (χ2v) is 5.90. The fraction of sp³-hybridized carbons (Fsp3) is 0.294. The molecule has 1 aromatic carbocycles. The van der Waals surface area contributed by atoms with E-state index in [9.17, 15) is 5.11 Å². The molecule has 24 heavy (non-hydrogen) atoms. The quantitative estimate of drug-likeness (QED) is 0.779. The first kappa shape index (κ1) is 14.8. The maximum Gasteiger partial charge on any atom is 0.324 e. The minimum Gasteiger partial charge on any atom is -0.391 e. The van der Waals surface area contributed by atoms with E-state index in [1.54, 1.807) is 18.6 Å². The molecule has 0 saturated carbocycles. The molecule has 7 nitrogen and oxygen atoms in total. The Hall–Kier alpha value is -2.80. The van der Waals surface area contributed by atoms with Crippen LogP contribution in [0.2, 0.25) is 0 Å². The van der Waals surface area contributed by atoms with Crippen LogP contribution >= 0.6 is 0 Å². The summed E-state index contributed by atoms with van der Waals surface area (Å²) in [5.41, 5.74) is 1.78. The van der Waals surface area contributed by atoms with Crippen molar-refractivity contribution in [1.82, 2.24) is 20.1 Å². The lowest BCUT2D eigenvalue weighted by molar-refractivity contribution is 0.147. The normalized spacial score (nSPS) is 20.5. The van der Waals surface area contributed by atoms with Crippen molar-refractivity contribution in [3.8, 4) is 11.4 Å². The van der Waals surface area contributed by atoms with Gasteiger partial charge in [0.2, 0.25) is 5.82 Å². The van der Waals surface area contributed by atoms with Crippen molar-refractivity contribution in [2.45, 2.75) is 12.5 Å². The van der Waals surface area contributed by atoms with Gasteiger partial charge < -0.3 is 14.5 Å². The molecule has 1 aliphatic rings. The summed E-state index contributed by atoms with van der Waals surface area (Å²) in [5, 5.41) is 14.4. The van der Waals surface area contributed by atoms with E-state index >= 15 is 0 Å². The molecule has 2 atom stereocenters. The molecular formula is C17H17N5O2. The van der Waals surface area contributed by atoms with E-state index in [0.29, 0.717) is 31.3 Å². The van der Waals surface area contributed by atoms with Crippen LogP contribution < -0.4 is 4.90 Å². The van der Waals surface area contributed by atoms with E-state index in [1.165, 1.54) is 0 Å². The summed E-state index contributed by atoms with van der Waals surface area (Å²) in [5.74, 6) is 0.617. The molecule has 0 spiro atoms. The van der Waals surface area contributed by atoms with Crippen molar-refractivity contribution in [3.05, 3.63) is 54.6 Å². The smallest absolute Gasteiger partial charge is 0.324 e. The molecule has 1 N–H and O–H groups in total. The highest BCUT2D eigenvalue weighted by molar-refractivity contribution is 5.55. The Morgan fingerprint density at radius 3 is 2.83 bits per heavy atom. The lowest BCUT2D eigenvalue weighted by Gasteiger charge is -2.12. The number of rotatable bonds is 4. The molecule has 0 radical (unpaired) electrons. The van der Waals surface area contributed by atoms with Gasteiger partial charge in [-0.05, 0) is 6.42 Å². The third kappa shape index (κ3) is 2.98. The molecule has 7 heteroatoms. The Labute approximate surface area is 139 Å². The summed E-state index contributed by atoms with van der Waals surface area (Å²) in [4.78, 5) is 14.7. The van der Waals surface area contributed by atoms with Crippen molar-refractivity contribution in [2.75, 3.05) is 18.0 Å². The summed E-state index contributed by atoms with van der Waals surface area (Å²) in [6, 6.07) is 10.1. The lowest BCUT2D eigenvalue weighted by atomic mass is 10.0. The third-order valence-electron chi connectivity index (χ3n) is 4.21. The second-order valence-electron chi connectivity index (χ2n) is 5.90. The number of β-amino-alcohol motifs (C(OH)–C–C–N with tert-alkyl or cyclic N) is 1. The Bertz CT molecular complexity index is 793. The molecule has 0 unspecified atom stereocenters. The number of aromatic nitrogens is 4. The average molecular weight is 323 g/mol. The summed E-state index contributed by atoms with van der Waals surface area (Å²) >= 11 is 0. The molecular weight excluding hydrogens is 306 g/mol. The van der Waals surface area contributed by atoms with E-state index in [0.717, 1.165) is 11.3 Å². The number of aliphatic hydroxyl groups is 1. The van der Waals surface area contributed by atoms with Gasteiger partial charge >= 0.3 is 6.01 Å². The summed E-state index contributed by atoms with van der Waals surface area (Å²) < 4.78 is 5.38. The largest absolute Gasteiger partial charge is 0.391 e. The molecule has 3 heterocycles. The second kappa shape index (κ2) is 6.37. The van der Waals surface area contributed by atoms with Crippen molar-refractivity contribution in [2.24, 2.45) is 5.92 Å². The van der Waals surface area contributed by atoms with Crippen LogP contribution in [-0.4, -0.2) is 44.4 Å². The van der Waals surface area contributed by atoms with E-state index in [-0.39, 0.29) is 5.92 Å². The van der Waals surface area contributed by atoms with Gasteiger partial charge in [-0.15, -0.1) is 0 Å². The third-order valence-corrected chi connectivity index (χ3v) is 4.21. The first-order valence-corrected chi connectivity index (χ1v) is 7.86. The lowest BCUT2D eigenvalue weighted by Crippen LogP contribution is -2.21. The summed E-state index contributed by atoms with van der Waals surface area (Å²) in [6.45, 7) is 1.12. The van der Waals surface area contributed by atoms with Gasteiger partial charge in [0.15, 0.2) is 0 Å². The highest BCUT2D eigenvalue weighted by Gasteiger charge is 2.34. The van der Waals surface area contributed by atoms with Gasteiger partial charge in [-0.25, -0.2) is 0 Å². The van der Waals surface area contributed by atoms with Gasteiger partial charge in [0.1, 0.15) is 0 Å². The molecule has 0 bridgehead atoms. The van der Waals surface area contributed by atoms with Crippen molar-refractivity contribution in [1.29, 1.82) is 0 Å². The van der Waals surface area contributed by atoms with Crippen molar-refractivity contribution in [3.63, 3.8) is 0 Å². The Balaban J connectivity index is 1.47. The fourth-order valence-corrected chi connectivity index (χ4v) is 2.96. The molecule has 3 aromatic rings. The van der Waals surface area contributed by atoms with Gasteiger partial charge in [-0.2, -0.15) is 4.98 Å². The molecule has 2 aromatic heterocycles. The standard InChI is InChI=1S/C17H17N5O2/c23-15-11-22(10-13(15)8-14-9-18-6-7-19-14)17-20-16(21-24-17)12-4-2-1-3-5-12/h1-7,9,13,15,23H,8,10-11H2/t13-,15-/m1/s1. The van der Waals surface area contributed by atoms with E-state index < -0.39 is 6.10 Å². The van der Waals surface area contributed by atoms with Crippen LogP contribution in [0.1, 0.15) is 5.69 Å². The maximum absolute atomic E-state index is 10.3. The molecule has 4 rings (SSSR count). The SMILES string of the molecule is O[C@@H]1CN(c2nc(-c3ccccc3)no2)C[C@H]1Cc1cnccn1. The maximum atomic E-state index is 10.3. The van der Waals surface area contributed by atoms with Crippen molar-refractivity contribution >= 4 is 6.01 Å². The summed E-state index contributed by atoms with van der Waals surface area (Å²) in [6.07, 6.45) is 5.25. The Kier molecular flexibility index (Phi) is 3.92. The molecule has 1 aliphatic heterocycles. The molecule has 122 valence electrons. The van der Waals surface area contributed by atoms with Gasteiger partial charge in [-0.1, -0.05) is 35.5 Å². The molecule has 0 amide bonds. The van der Waals surface area contributed by atoms with E-state index in [1.807, 2.05) is 35.2 Å². The van der Waals surface area contributed by atoms with Crippen LogP contribution in [0.25, 0.3) is 11.4 Å². The molecule has 1 saturated heterocycles. The van der Waals surface area contributed by atoms with Crippen LogP contribution in [-0.2, 0) is 6.42 Å². The predicted octanol–water partition coefficient (Wildman–Crippen LogP) is 1.57. The molecule has 1 fully saturated rings. The van der Waals surface area contributed by atoms with Crippen LogP contribution in [0.15, 0.2) is 53.4 Å². The number of aliphatic hydroxyl groups excluding tert-OH is 1. The first-order valence-electron chi connectivity index (χ1n) is 7.86. The minimum absolute atomic E-state index is 0.0637. The number of benzene rings is 1. The van der Waals surface area contributed by atoms with Crippen LogP contribution in [0.5, 0.6) is 0 Å². The zero-order valence-electron chi connectivity index (χ0n) is 13.0. The van der Waals surface area contributed by atoms with Gasteiger partial charge in [0.25, 0.3) is 0 Å². The fourth-order valence-electron chi connectivity index (χ4n) is 2.96. The zero-order chi connectivity index (χ0) is 16.4. The summed E-state index contributed by atoms with van der Waals surface area (Å²) in [7, 11) is 0. The van der Waals surface area contributed by atoms with Gasteiger partial charge in [0, 0.05) is 43.2 Å². The number of nitrogens with zero attached hydrogens (tertiary/aromatic N) is 5. The van der Waals surface area contributed by atoms with E-state index in [2.05, 4.69) is 20.1 Å². The van der Waals surface area contributed by atoms with Crippen LogP contribution in [0, 0.1) is 5.92 Å². The average Bonchev–Trinajstić information content (AvgIpc) is 3.24. The highest BCUT2D eigenvalue weighted by atomic mass is 16.5. The predicted molar refractivity (Wildman–Crippen MR) is 87.2 cm³/mol. The monoisotopic (exact) mass is 323 g/mol. The van der Waals surface area contributed by atoms with Crippen LogP contribution in [0.4, 0.5) is 6.01 Å². The first-order chi connectivity index (χ1) is 11.8. The van der Waals surface area contributed by atoms with Crippen LogP contribution in [0.3, 0.4) is 0 Å². The number of hydrogen-bond donors (Lipinski definition) is 1. The number of anilines is 1. The molecule has 0 aliphatic carbocycles. The minimum atomic E-state index is -0.459. The van der Waals surface area contributed by atoms with Gasteiger partial charge in [0.05, 0.1) is 11.8 Å². The van der Waals surface area contributed by atoms with Crippen molar-refractivity contribution < 1.29 is 9.63 Å².